The van der Waals surface area contributed by atoms with Crippen LogP contribution in [-0.2, 0) is 17.1 Å². The van der Waals surface area contributed by atoms with Gasteiger partial charge in [-0.3, -0.25) is 9.52 Å². The predicted molar refractivity (Wildman–Crippen MR) is 128 cm³/mol. The largest absolute Gasteiger partial charge is 0.345 e. The molecule has 0 aliphatic carbocycles. The maximum atomic E-state index is 13.9. The van der Waals surface area contributed by atoms with E-state index < -0.39 is 15.8 Å². The first-order chi connectivity index (χ1) is 15.6. The SMILES string of the molecule is Cc1ccc(NS(=O)(=O)c2cc(-c3nc(C)c(C(=O)N4CCCCC4)s3)n(C)c2C)cc1F. The van der Waals surface area contributed by atoms with E-state index in [4.69, 9.17) is 0 Å². The number of likely N-dealkylation sites (tertiary alicyclic amines) is 1. The Kier molecular flexibility index (Phi) is 6.32. The first-order valence-corrected chi connectivity index (χ1v) is 13.1. The van der Waals surface area contributed by atoms with Crippen molar-refractivity contribution in [2.45, 2.75) is 44.9 Å². The Morgan fingerprint density at radius 1 is 1.12 bits per heavy atom. The van der Waals surface area contributed by atoms with Gasteiger partial charge in [0.1, 0.15) is 20.6 Å². The van der Waals surface area contributed by atoms with Gasteiger partial charge in [-0.15, -0.1) is 11.3 Å². The van der Waals surface area contributed by atoms with E-state index in [0.717, 1.165) is 38.4 Å². The van der Waals surface area contributed by atoms with E-state index in [0.29, 0.717) is 32.5 Å². The molecule has 0 radical (unpaired) electrons. The fourth-order valence-electron chi connectivity index (χ4n) is 3.96. The van der Waals surface area contributed by atoms with Gasteiger partial charge in [-0.05, 0) is 63.8 Å². The lowest BCUT2D eigenvalue weighted by molar-refractivity contribution is 0.0728. The number of rotatable bonds is 5. The van der Waals surface area contributed by atoms with Gasteiger partial charge in [-0.25, -0.2) is 17.8 Å². The van der Waals surface area contributed by atoms with E-state index in [9.17, 15) is 17.6 Å². The number of piperidine rings is 1. The number of nitrogens with zero attached hydrogens (tertiary/aromatic N) is 3. The van der Waals surface area contributed by atoms with Gasteiger partial charge in [0.15, 0.2) is 0 Å². The Labute approximate surface area is 197 Å². The van der Waals surface area contributed by atoms with Crippen molar-refractivity contribution in [2.75, 3.05) is 17.8 Å². The van der Waals surface area contributed by atoms with Crippen LogP contribution in [0.4, 0.5) is 10.1 Å². The number of amides is 1. The fraction of sp³-hybridized carbons (Fsp3) is 0.391. The van der Waals surface area contributed by atoms with Crippen LogP contribution in [0.3, 0.4) is 0 Å². The predicted octanol–water partition coefficient (Wildman–Crippen LogP) is 4.64. The molecule has 4 rings (SSSR count). The number of thiazole rings is 1. The van der Waals surface area contributed by atoms with Gasteiger partial charge in [0, 0.05) is 25.8 Å². The van der Waals surface area contributed by atoms with Gasteiger partial charge in [0.25, 0.3) is 15.9 Å². The molecule has 2 aromatic heterocycles. The standard InChI is InChI=1S/C23H27FN4O3S2/c1-14-8-9-17(12-18(14)24)26-33(30,31)20-13-19(27(4)16(20)3)22-25-15(2)21(32-22)23(29)28-10-6-5-7-11-28/h8-9,12-13,26H,5-7,10-11H2,1-4H3. The molecule has 0 saturated carbocycles. The molecule has 1 aromatic carbocycles. The highest BCUT2D eigenvalue weighted by atomic mass is 32.2. The van der Waals surface area contributed by atoms with Crippen molar-refractivity contribution in [3.8, 4) is 10.7 Å². The Morgan fingerprint density at radius 2 is 1.82 bits per heavy atom. The van der Waals surface area contributed by atoms with E-state index in [1.165, 1.54) is 23.5 Å². The van der Waals surface area contributed by atoms with Crippen molar-refractivity contribution in [1.82, 2.24) is 14.5 Å². The second-order valence-electron chi connectivity index (χ2n) is 8.39. The minimum absolute atomic E-state index is 0.0159. The Balaban J connectivity index is 1.66. The van der Waals surface area contributed by atoms with Crippen molar-refractivity contribution in [3.05, 3.63) is 51.9 Å². The number of anilines is 1. The molecule has 1 saturated heterocycles. The van der Waals surface area contributed by atoms with Crippen LogP contribution in [0.25, 0.3) is 10.7 Å². The maximum Gasteiger partial charge on any atom is 0.265 e. The lowest BCUT2D eigenvalue weighted by atomic mass is 10.1. The molecule has 176 valence electrons. The number of halogens is 1. The Bertz CT molecular complexity index is 1320. The Morgan fingerprint density at radius 3 is 2.48 bits per heavy atom. The molecule has 3 aromatic rings. The monoisotopic (exact) mass is 490 g/mol. The number of aryl methyl sites for hydroxylation is 2. The van der Waals surface area contributed by atoms with Crippen LogP contribution in [0, 0.1) is 26.6 Å². The zero-order valence-corrected chi connectivity index (χ0v) is 20.7. The van der Waals surface area contributed by atoms with E-state index >= 15 is 0 Å². The van der Waals surface area contributed by atoms with Crippen molar-refractivity contribution in [1.29, 1.82) is 0 Å². The van der Waals surface area contributed by atoms with Crippen LogP contribution in [-0.4, -0.2) is 41.9 Å². The molecule has 1 amide bonds. The van der Waals surface area contributed by atoms with E-state index in [-0.39, 0.29) is 16.5 Å². The fourth-order valence-corrected chi connectivity index (χ4v) is 6.39. The number of benzene rings is 1. The summed E-state index contributed by atoms with van der Waals surface area (Å²) in [5.74, 6) is -0.498. The molecule has 10 heteroatoms. The van der Waals surface area contributed by atoms with Crippen molar-refractivity contribution >= 4 is 33.0 Å². The molecule has 0 unspecified atom stereocenters. The quantitative estimate of drug-likeness (QED) is 0.565. The summed E-state index contributed by atoms with van der Waals surface area (Å²) >= 11 is 1.28. The van der Waals surface area contributed by atoms with Gasteiger partial charge in [0.2, 0.25) is 0 Å². The zero-order chi connectivity index (χ0) is 23.9. The zero-order valence-electron chi connectivity index (χ0n) is 19.1. The van der Waals surface area contributed by atoms with Crippen LogP contribution in [0.1, 0.15) is 45.9 Å². The lowest BCUT2D eigenvalue weighted by Crippen LogP contribution is -2.35. The first-order valence-electron chi connectivity index (χ1n) is 10.8. The van der Waals surface area contributed by atoms with E-state index in [1.807, 2.05) is 4.90 Å². The first kappa shape index (κ1) is 23.4. The van der Waals surface area contributed by atoms with Crippen molar-refractivity contribution in [3.63, 3.8) is 0 Å². The molecule has 1 aliphatic heterocycles. The number of nitrogens with one attached hydrogen (secondary N) is 1. The summed E-state index contributed by atoms with van der Waals surface area (Å²) in [6.07, 6.45) is 3.15. The molecule has 33 heavy (non-hydrogen) atoms. The topological polar surface area (TPSA) is 84.3 Å². The third-order valence-corrected chi connectivity index (χ3v) is 8.72. The van der Waals surface area contributed by atoms with Crippen LogP contribution in [0.2, 0.25) is 0 Å². The maximum absolute atomic E-state index is 13.9. The molecular weight excluding hydrogens is 463 g/mol. The number of carbonyl (C=O) groups is 1. The number of sulfonamides is 1. The van der Waals surface area contributed by atoms with Crippen LogP contribution in [0.15, 0.2) is 29.2 Å². The lowest BCUT2D eigenvalue weighted by Gasteiger charge is -2.26. The van der Waals surface area contributed by atoms with E-state index in [2.05, 4.69) is 9.71 Å². The van der Waals surface area contributed by atoms with Crippen LogP contribution in [0.5, 0.6) is 0 Å². The smallest absolute Gasteiger partial charge is 0.265 e. The molecule has 1 fully saturated rings. The average Bonchev–Trinajstić information content (AvgIpc) is 3.31. The minimum Gasteiger partial charge on any atom is -0.345 e. The van der Waals surface area contributed by atoms with Gasteiger partial charge in [-0.1, -0.05) is 6.07 Å². The normalized spacial score (nSPS) is 14.5. The van der Waals surface area contributed by atoms with Crippen LogP contribution >= 0.6 is 11.3 Å². The van der Waals surface area contributed by atoms with Gasteiger partial charge in [0.05, 0.1) is 17.1 Å². The number of hydrogen-bond acceptors (Lipinski definition) is 5. The molecule has 0 bridgehead atoms. The summed E-state index contributed by atoms with van der Waals surface area (Å²) in [6.45, 7) is 6.62. The third kappa shape index (κ3) is 4.54. The molecule has 1 aliphatic rings. The molecule has 0 spiro atoms. The van der Waals surface area contributed by atoms with Gasteiger partial charge in [-0.2, -0.15) is 0 Å². The number of aromatic nitrogens is 2. The van der Waals surface area contributed by atoms with E-state index in [1.54, 1.807) is 38.5 Å². The summed E-state index contributed by atoms with van der Waals surface area (Å²) in [4.78, 5) is 20.1. The number of carbonyl (C=O) groups excluding carboxylic acids is 1. The molecule has 1 N–H and O–H groups in total. The van der Waals surface area contributed by atoms with Crippen molar-refractivity contribution < 1.29 is 17.6 Å². The average molecular weight is 491 g/mol. The molecule has 0 atom stereocenters. The highest BCUT2D eigenvalue weighted by Gasteiger charge is 2.27. The summed E-state index contributed by atoms with van der Waals surface area (Å²) in [5.41, 5.74) is 2.35. The summed E-state index contributed by atoms with van der Waals surface area (Å²) in [6, 6.07) is 5.76. The van der Waals surface area contributed by atoms with Crippen molar-refractivity contribution in [2.24, 2.45) is 7.05 Å². The second kappa shape index (κ2) is 8.90. The summed E-state index contributed by atoms with van der Waals surface area (Å²) in [7, 11) is -2.19. The van der Waals surface area contributed by atoms with Gasteiger partial charge < -0.3 is 9.47 Å². The highest BCUT2D eigenvalue weighted by molar-refractivity contribution is 7.92. The molecule has 7 nitrogen and oxygen atoms in total. The second-order valence-corrected chi connectivity index (χ2v) is 11.0. The summed E-state index contributed by atoms with van der Waals surface area (Å²) < 4.78 is 44.2. The number of hydrogen-bond donors (Lipinski definition) is 1. The minimum atomic E-state index is -3.96. The molecule has 3 heterocycles. The highest BCUT2D eigenvalue weighted by Crippen LogP contribution is 2.34. The van der Waals surface area contributed by atoms with Crippen LogP contribution < -0.4 is 4.72 Å². The summed E-state index contributed by atoms with van der Waals surface area (Å²) in [5, 5.41) is 0.585. The molecular formula is C23H27FN4O3S2. The third-order valence-electron chi connectivity index (χ3n) is 6.06. The Hall–Kier alpha value is -2.72. The van der Waals surface area contributed by atoms with Gasteiger partial charge >= 0.3 is 0 Å².